The van der Waals surface area contributed by atoms with Crippen molar-refractivity contribution in [3.05, 3.63) is 52.8 Å². The van der Waals surface area contributed by atoms with Crippen molar-refractivity contribution in [2.24, 2.45) is 5.92 Å². The van der Waals surface area contributed by atoms with Crippen LogP contribution in [0.15, 0.2) is 30.6 Å². The van der Waals surface area contributed by atoms with E-state index in [-0.39, 0.29) is 22.9 Å². The molecule has 1 spiro atoms. The molecule has 188 valence electrons. The van der Waals surface area contributed by atoms with E-state index < -0.39 is 35.0 Å². The first-order valence-electron chi connectivity index (χ1n) is 12.8. The van der Waals surface area contributed by atoms with E-state index in [4.69, 9.17) is 4.74 Å². The molecule has 2 aliphatic heterocycles. The maximum absolute atomic E-state index is 13.3. The lowest BCUT2D eigenvalue weighted by Gasteiger charge is -2.64. The van der Waals surface area contributed by atoms with Gasteiger partial charge < -0.3 is 25.4 Å². The average Bonchev–Trinajstić information content (AvgIpc) is 3.60. The Balaban J connectivity index is 1.29. The average molecular weight is 492 g/mol. The van der Waals surface area contributed by atoms with E-state index in [1.165, 1.54) is 31.3 Å². The molecule has 4 N–H and O–H groups in total. The second-order valence-electron chi connectivity index (χ2n) is 11.1. The fraction of sp³-hybridized carbons (Fsp3) is 0.519. The molecule has 3 heterocycles. The molecule has 0 radical (unpaired) electrons. The van der Waals surface area contributed by atoms with Gasteiger partial charge in [0.1, 0.15) is 6.10 Å². The van der Waals surface area contributed by atoms with E-state index in [0.29, 0.717) is 37.4 Å². The van der Waals surface area contributed by atoms with Gasteiger partial charge >= 0.3 is 5.97 Å². The van der Waals surface area contributed by atoms with Gasteiger partial charge in [-0.1, -0.05) is 6.07 Å². The number of phenols is 1. The van der Waals surface area contributed by atoms with Crippen LogP contribution in [0.25, 0.3) is 0 Å². The smallest absolute Gasteiger partial charge is 0.338 e. The zero-order chi connectivity index (χ0) is 24.8. The summed E-state index contributed by atoms with van der Waals surface area (Å²) in [6, 6.07) is 4.51. The van der Waals surface area contributed by atoms with Crippen LogP contribution in [-0.4, -0.2) is 74.0 Å². The van der Waals surface area contributed by atoms with Crippen LogP contribution in [0.3, 0.4) is 0 Å². The molecule has 2 saturated carbocycles. The minimum Gasteiger partial charge on any atom is -0.504 e. The summed E-state index contributed by atoms with van der Waals surface area (Å²) in [4.78, 5) is 31.2. The van der Waals surface area contributed by atoms with Crippen LogP contribution in [0.2, 0.25) is 0 Å². The van der Waals surface area contributed by atoms with Crippen molar-refractivity contribution in [1.29, 1.82) is 0 Å². The Morgan fingerprint density at radius 1 is 1.17 bits per heavy atom. The molecule has 0 unspecified atom stereocenters. The first-order chi connectivity index (χ1) is 17.3. The number of ether oxygens (including phenoxy) is 1. The van der Waals surface area contributed by atoms with Crippen LogP contribution in [0.5, 0.6) is 11.5 Å². The number of carboxylic acid groups (broad SMARTS) is 1. The number of aromatic carboxylic acids is 1. The standard InChI is InChI=1S/C27H29N3O6/c31-19-4-3-15-11-20-27(35)7-5-18(29-24(32)16-6-9-28-12-17(16)25(33)34)23-26(27,21(15)22(19)36-23)8-10-30(20)13-14-1-2-14/h3-4,6,9,12,14,18,20,23,31,35H,1-2,5,7-8,10-11,13H2,(H,29,32)(H,33,34)/t18-,20-,23+,26+,27-/m1/s1. The highest BCUT2D eigenvalue weighted by atomic mass is 16.5. The lowest BCUT2D eigenvalue weighted by molar-refractivity contribution is -0.191. The summed E-state index contributed by atoms with van der Waals surface area (Å²) >= 11 is 0. The van der Waals surface area contributed by atoms with Crippen molar-refractivity contribution in [3.8, 4) is 11.5 Å². The molecule has 9 nitrogen and oxygen atoms in total. The fourth-order valence-electron chi connectivity index (χ4n) is 7.64. The highest BCUT2D eigenvalue weighted by Gasteiger charge is 2.73. The molecule has 5 aliphatic rings. The first-order valence-corrected chi connectivity index (χ1v) is 12.8. The van der Waals surface area contributed by atoms with Crippen molar-refractivity contribution in [2.75, 3.05) is 13.1 Å². The molecule has 3 aliphatic carbocycles. The number of amides is 1. The monoisotopic (exact) mass is 491 g/mol. The number of piperidine rings is 1. The number of likely N-dealkylation sites (tertiary alicyclic amines) is 1. The number of aromatic hydroxyl groups is 1. The summed E-state index contributed by atoms with van der Waals surface area (Å²) in [6.45, 7) is 1.82. The number of nitrogens with zero attached hydrogens (tertiary/aromatic N) is 2. The van der Waals surface area contributed by atoms with E-state index in [2.05, 4.69) is 15.2 Å². The molecule has 2 aromatic rings. The molecule has 36 heavy (non-hydrogen) atoms. The molecule has 1 aromatic carbocycles. The maximum Gasteiger partial charge on any atom is 0.338 e. The molecular weight excluding hydrogens is 462 g/mol. The zero-order valence-corrected chi connectivity index (χ0v) is 19.8. The number of carbonyl (C=O) groups excluding carboxylic acids is 1. The quantitative estimate of drug-likeness (QED) is 0.498. The molecule has 3 fully saturated rings. The number of aliphatic hydroxyl groups is 1. The van der Waals surface area contributed by atoms with Crippen LogP contribution >= 0.6 is 0 Å². The summed E-state index contributed by atoms with van der Waals surface area (Å²) in [5.74, 6) is -0.562. The molecule has 1 amide bonds. The van der Waals surface area contributed by atoms with E-state index in [1.54, 1.807) is 6.07 Å². The number of hydrogen-bond donors (Lipinski definition) is 4. The van der Waals surface area contributed by atoms with E-state index in [9.17, 15) is 24.9 Å². The third kappa shape index (κ3) is 2.81. The Morgan fingerprint density at radius 3 is 2.78 bits per heavy atom. The van der Waals surface area contributed by atoms with Crippen molar-refractivity contribution >= 4 is 11.9 Å². The van der Waals surface area contributed by atoms with Gasteiger partial charge in [-0.3, -0.25) is 14.7 Å². The summed E-state index contributed by atoms with van der Waals surface area (Å²) in [5.41, 5.74) is 0.0729. The van der Waals surface area contributed by atoms with Crippen molar-refractivity contribution in [2.45, 2.75) is 67.7 Å². The van der Waals surface area contributed by atoms with E-state index >= 15 is 0 Å². The Hall–Kier alpha value is -3.17. The highest BCUT2D eigenvalue weighted by molar-refractivity contribution is 6.04. The van der Waals surface area contributed by atoms with Crippen LogP contribution < -0.4 is 10.1 Å². The molecule has 7 rings (SSSR count). The fourth-order valence-corrected chi connectivity index (χ4v) is 7.64. The van der Waals surface area contributed by atoms with Gasteiger partial charge in [-0.2, -0.15) is 0 Å². The number of pyridine rings is 1. The molecule has 1 saturated heterocycles. The summed E-state index contributed by atoms with van der Waals surface area (Å²) < 4.78 is 6.46. The lowest BCUT2D eigenvalue weighted by atomic mass is 9.48. The summed E-state index contributed by atoms with van der Waals surface area (Å²) in [5, 5.41) is 35.8. The van der Waals surface area contributed by atoms with Crippen LogP contribution in [0.4, 0.5) is 0 Å². The molecule has 9 heteroatoms. The van der Waals surface area contributed by atoms with Gasteiger partial charge in [-0.15, -0.1) is 0 Å². The SMILES string of the molecule is O=C(O)c1cnccc1C(=O)N[C@@H]1CC[C@@]2(O)[C@H]3Cc4ccc(O)c5c4[C@@]2(CCN3CC2CC2)[C@H]1O5. The largest absolute Gasteiger partial charge is 0.504 e. The minimum atomic E-state index is -1.22. The maximum atomic E-state index is 13.3. The minimum absolute atomic E-state index is 0.0376. The molecule has 5 atom stereocenters. The number of carbonyl (C=O) groups is 2. The topological polar surface area (TPSA) is 132 Å². The van der Waals surface area contributed by atoms with E-state index in [0.717, 1.165) is 24.2 Å². The van der Waals surface area contributed by atoms with Gasteiger partial charge in [0.2, 0.25) is 0 Å². The van der Waals surface area contributed by atoms with Crippen LogP contribution in [0, 0.1) is 5.92 Å². The Bertz CT molecular complexity index is 1290. The number of nitrogens with one attached hydrogen (secondary N) is 1. The second-order valence-corrected chi connectivity index (χ2v) is 11.1. The van der Waals surface area contributed by atoms with Gasteiger partial charge in [-0.25, -0.2) is 4.79 Å². The molecule has 2 bridgehead atoms. The summed E-state index contributed by atoms with van der Waals surface area (Å²) in [7, 11) is 0. The number of hydrogen-bond acceptors (Lipinski definition) is 7. The number of phenolic OH excluding ortho intramolecular Hbond substituents is 1. The molecule has 1 aromatic heterocycles. The zero-order valence-electron chi connectivity index (χ0n) is 19.8. The number of benzene rings is 1. The molecular formula is C27H29N3O6. The van der Waals surface area contributed by atoms with Gasteiger partial charge in [-0.05, 0) is 68.7 Å². The third-order valence-electron chi connectivity index (χ3n) is 9.38. The Kier molecular flexibility index (Phi) is 4.55. The van der Waals surface area contributed by atoms with Crippen LogP contribution in [0.1, 0.15) is 63.9 Å². The lowest BCUT2D eigenvalue weighted by Crippen LogP contribution is -2.78. The van der Waals surface area contributed by atoms with Gasteiger partial charge in [0.15, 0.2) is 11.5 Å². The Morgan fingerprint density at radius 2 is 2.00 bits per heavy atom. The van der Waals surface area contributed by atoms with Crippen molar-refractivity contribution in [1.82, 2.24) is 15.2 Å². The van der Waals surface area contributed by atoms with Gasteiger partial charge in [0.05, 0.1) is 28.2 Å². The number of carboxylic acids is 1. The van der Waals surface area contributed by atoms with Crippen LogP contribution in [-0.2, 0) is 11.8 Å². The number of rotatable bonds is 5. The highest BCUT2D eigenvalue weighted by Crippen LogP contribution is 2.65. The predicted molar refractivity (Wildman–Crippen MR) is 127 cm³/mol. The first kappa shape index (κ1) is 22.1. The normalized spacial score (nSPS) is 34.0. The van der Waals surface area contributed by atoms with Gasteiger partial charge in [0, 0.05) is 30.5 Å². The predicted octanol–water partition coefficient (Wildman–Crippen LogP) is 1.85. The van der Waals surface area contributed by atoms with Gasteiger partial charge in [0.25, 0.3) is 5.91 Å². The number of aromatic nitrogens is 1. The summed E-state index contributed by atoms with van der Waals surface area (Å²) in [6.07, 6.45) is 6.84. The van der Waals surface area contributed by atoms with Crippen molar-refractivity contribution in [3.63, 3.8) is 0 Å². The van der Waals surface area contributed by atoms with E-state index in [1.807, 2.05) is 6.07 Å². The second kappa shape index (κ2) is 7.43. The Labute approximate surface area is 208 Å². The van der Waals surface area contributed by atoms with Crippen molar-refractivity contribution < 1.29 is 29.6 Å². The third-order valence-corrected chi connectivity index (χ3v) is 9.38.